The summed E-state index contributed by atoms with van der Waals surface area (Å²) in [6.07, 6.45) is -0.158. The van der Waals surface area contributed by atoms with Crippen molar-refractivity contribution in [2.45, 2.75) is 78.2 Å². The standard InChI is InChI=1S/C28H40N2O6/c1-19(2)24(31)25(32)29-23(26(33)35-6)13-9-10-16-30(27(34)36-28(3,4)5)18-20-14-15-21-11-7-8-12-22(21)17-20/h7-8,11-12,14-15,17,19,23-24,31H,9-10,13,16,18H2,1-6H3,(H,29,32)/t23-,24-/m0/s1. The van der Waals surface area contributed by atoms with Crippen LogP contribution in [0.4, 0.5) is 4.79 Å². The summed E-state index contributed by atoms with van der Waals surface area (Å²) in [7, 11) is 1.26. The van der Waals surface area contributed by atoms with Gasteiger partial charge in [0.2, 0.25) is 5.91 Å². The van der Waals surface area contributed by atoms with Crippen LogP contribution in [0, 0.1) is 5.92 Å². The molecule has 0 bridgehead atoms. The molecular formula is C28H40N2O6. The summed E-state index contributed by atoms with van der Waals surface area (Å²) in [4.78, 5) is 39.0. The number of esters is 1. The number of amides is 2. The average molecular weight is 501 g/mol. The predicted octanol–water partition coefficient (Wildman–Crippen LogP) is 4.42. The van der Waals surface area contributed by atoms with Crippen LogP contribution in [0.3, 0.4) is 0 Å². The van der Waals surface area contributed by atoms with Crippen molar-refractivity contribution in [3.05, 3.63) is 48.0 Å². The van der Waals surface area contributed by atoms with Crippen LogP contribution < -0.4 is 5.32 Å². The minimum absolute atomic E-state index is 0.277. The highest BCUT2D eigenvalue weighted by molar-refractivity contribution is 5.87. The monoisotopic (exact) mass is 500 g/mol. The van der Waals surface area contributed by atoms with Gasteiger partial charge in [-0.05, 0) is 68.4 Å². The number of rotatable bonds is 11. The molecule has 0 aliphatic carbocycles. The molecule has 2 aromatic carbocycles. The van der Waals surface area contributed by atoms with Crippen LogP contribution in [0.5, 0.6) is 0 Å². The fraction of sp³-hybridized carbons (Fsp3) is 0.536. The van der Waals surface area contributed by atoms with Crippen molar-refractivity contribution in [3.63, 3.8) is 0 Å². The first-order chi connectivity index (χ1) is 16.9. The van der Waals surface area contributed by atoms with Crippen molar-refractivity contribution >= 4 is 28.7 Å². The van der Waals surface area contributed by atoms with Gasteiger partial charge in [0.25, 0.3) is 0 Å². The lowest BCUT2D eigenvalue weighted by Crippen LogP contribution is -2.47. The molecule has 0 aliphatic rings. The molecule has 0 unspecified atom stereocenters. The minimum Gasteiger partial charge on any atom is -0.467 e. The van der Waals surface area contributed by atoms with E-state index in [4.69, 9.17) is 9.47 Å². The van der Waals surface area contributed by atoms with Gasteiger partial charge in [-0.15, -0.1) is 0 Å². The van der Waals surface area contributed by atoms with Crippen LogP contribution in [0.2, 0.25) is 0 Å². The van der Waals surface area contributed by atoms with Gasteiger partial charge < -0.3 is 24.8 Å². The molecule has 0 aliphatic heterocycles. The normalized spacial score (nSPS) is 13.2. The van der Waals surface area contributed by atoms with Gasteiger partial charge >= 0.3 is 12.1 Å². The zero-order valence-corrected chi connectivity index (χ0v) is 22.2. The Morgan fingerprint density at radius 3 is 2.31 bits per heavy atom. The average Bonchev–Trinajstić information content (AvgIpc) is 2.82. The number of benzene rings is 2. The Morgan fingerprint density at radius 1 is 1.03 bits per heavy atom. The second-order valence-corrected chi connectivity index (χ2v) is 10.4. The summed E-state index contributed by atoms with van der Waals surface area (Å²) < 4.78 is 10.4. The summed E-state index contributed by atoms with van der Waals surface area (Å²) in [5.74, 6) is -1.45. The Labute approximate surface area is 213 Å². The molecule has 0 saturated heterocycles. The van der Waals surface area contributed by atoms with Crippen molar-refractivity contribution in [1.82, 2.24) is 10.2 Å². The molecule has 0 spiro atoms. The fourth-order valence-corrected chi connectivity index (χ4v) is 3.72. The minimum atomic E-state index is -1.21. The van der Waals surface area contributed by atoms with Gasteiger partial charge in [-0.25, -0.2) is 9.59 Å². The number of methoxy groups -OCH3 is 1. The zero-order chi connectivity index (χ0) is 26.9. The van der Waals surface area contributed by atoms with E-state index in [1.807, 2.05) is 57.2 Å². The molecule has 2 aromatic rings. The van der Waals surface area contributed by atoms with E-state index in [2.05, 4.69) is 11.4 Å². The third kappa shape index (κ3) is 9.15. The number of carbonyl (C=O) groups excluding carboxylic acids is 3. The van der Waals surface area contributed by atoms with Gasteiger partial charge in [-0.2, -0.15) is 0 Å². The van der Waals surface area contributed by atoms with Gasteiger partial charge in [-0.3, -0.25) is 4.79 Å². The summed E-state index contributed by atoms with van der Waals surface area (Å²) in [5.41, 5.74) is 0.359. The Bertz CT molecular complexity index is 1030. The summed E-state index contributed by atoms with van der Waals surface area (Å²) in [5, 5.41) is 14.8. The number of fused-ring (bicyclic) bond motifs is 1. The van der Waals surface area contributed by atoms with Crippen molar-refractivity contribution in [2.75, 3.05) is 13.7 Å². The molecule has 36 heavy (non-hydrogen) atoms. The van der Waals surface area contributed by atoms with Crippen LogP contribution >= 0.6 is 0 Å². The lowest BCUT2D eigenvalue weighted by molar-refractivity contribution is -0.147. The van der Waals surface area contributed by atoms with Gasteiger partial charge in [0.1, 0.15) is 17.7 Å². The van der Waals surface area contributed by atoms with Crippen molar-refractivity contribution in [1.29, 1.82) is 0 Å². The maximum atomic E-state index is 12.9. The Balaban J connectivity index is 2.04. The number of carbonyl (C=O) groups is 3. The lowest BCUT2D eigenvalue weighted by atomic mass is 10.0. The van der Waals surface area contributed by atoms with E-state index in [1.54, 1.807) is 18.7 Å². The van der Waals surface area contributed by atoms with E-state index >= 15 is 0 Å². The Hall–Kier alpha value is -3.13. The number of unbranched alkanes of at least 4 members (excludes halogenated alkanes) is 1. The van der Waals surface area contributed by atoms with Crippen molar-refractivity contribution in [3.8, 4) is 0 Å². The molecule has 8 heteroatoms. The Morgan fingerprint density at radius 2 is 1.69 bits per heavy atom. The van der Waals surface area contributed by atoms with Crippen LogP contribution in [-0.4, -0.2) is 59.4 Å². The van der Waals surface area contributed by atoms with E-state index in [-0.39, 0.29) is 5.92 Å². The van der Waals surface area contributed by atoms with Gasteiger partial charge in [0.15, 0.2) is 0 Å². The summed E-state index contributed by atoms with van der Waals surface area (Å²) in [6, 6.07) is 13.3. The molecule has 0 radical (unpaired) electrons. The lowest BCUT2D eigenvalue weighted by Gasteiger charge is -2.28. The maximum Gasteiger partial charge on any atom is 0.410 e. The molecule has 2 N–H and O–H groups in total. The smallest absolute Gasteiger partial charge is 0.410 e. The highest BCUT2D eigenvalue weighted by Crippen LogP contribution is 2.19. The van der Waals surface area contributed by atoms with E-state index < -0.39 is 35.7 Å². The first-order valence-corrected chi connectivity index (χ1v) is 12.4. The molecule has 0 saturated carbocycles. The SMILES string of the molecule is COC(=O)[C@H](CCCCN(Cc1ccc2ccccc2c1)C(=O)OC(C)(C)C)NC(=O)[C@@H](O)C(C)C. The molecule has 198 valence electrons. The van der Waals surface area contributed by atoms with Crippen molar-refractivity contribution < 1.29 is 29.0 Å². The topological polar surface area (TPSA) is 105 Å². The second kappa shape index (κ2) is 13.3. The third-order valence-electron chi connectivity index (χ3n) is 5.71. The number of nitrogens with zero attached hydrogens (tertiary/aromatic N) is 1. The number of hydrogen-bond donors (Lipinski definition) is 2. The second-order valence-electron chi connectivity index (χ2n) is 10.4. The van der Waals surface area contributed by atoms with Crippen molar-refractivity contribution in [2.24, 2.45) is 5.92 Å². The molecule has 2 atom stereocenters. The van der Waals surface area contributed by atoms with E-state index in [0.29, 0.717) is 32.4 Å². The molecule has 2 amide bonds. The van der Waals surface area contributed by atoms with Crippen LogP contribution in [0.25, 0.3) is 10.8 Å². The van der Waals surface area contributed by atoms with Crippen LogP contribution in [0.15, 0.2) is 42.5 Å². The number of nitrogens with one attached hydrogen (secondary N) is 1. The van der Waals surface area contributed by atoms with E-state index in [9.17, 15) is 19.5 Å². The first-order valence-electron chi connectivity index (χ1n) is 12.4. The molecule has 0 aromatic heterocycles. The van der Waals surface area contributed by atoms with Gasteiger partial charge in [0.05, 0.1) is 7.11 Å². The molecule has 8 nitrogen and oxygen atoms in total. The van der Waals surface area contributed by atoms with E-state index in [0.717, 1.165) is 16.3 Å². The van der Waals surface area contributed by atoms with Gasteiger partial charge in [-0.1, -0.05) is 50.2 Å². The first kappa shape index (κ1) is 29.1. The molecule has 0 heterocycles. The maximum absolute atomic E-state index is 12.9. The molecule has 2 rings (SSSR count). The van der Waals surface area contributed by atoms with Gasteiger partial charge in [0, 0.05) is 13.1 Å². The summed E-state index contributed by atoms with van der Waals surface area (Å²) >= 11 is 0. The van der Waals surface area contributed by atoms with Crippen LogP contribution in [0.1, 0.15) is 59.4 Å². The number of aliphatic hydroxyl groups excluding tert-OH is 1. The molecular weight excluding hydrogens is 460 g/mol. The van der Waals surface area contributed by atoms with E-state index in [1.165, 1.54) is 7.11 Å². The number of ether oxygens (including phenoxy) is 2. The summed E-state index contributed by atoms with van der Waals surface area (Å²) in [6.45, 7) is 9.73. The molecule has 0 fully saturated rings. The highest BCUT2D eigenvalue weighted by atomic mass is 16.6. The number of aliphatic hydroxyl groups is 1. The number of hydrogen-bond acceptors (Lipinski definition) is 6. The predicted molar refractivity (Wildman–Crippen MR) is 139 cm³/mol. The quantitative estimate of drug-likeness (QED) is 0.350. The van der Waals surface area contributed by atoms with Crippen LogP contribution in [-0.2, 0) is 25.6 Å². The fourth-order valence-electron chi connectivity index (χ4n) is 3.72. The largest absolute Gasteiger partial charge is 0.467 e. The zero-order valence-electron chi connectivity index (χ0n) is 22.2. The highest BCUT2D eigenvalue weighted by Gasteiger charge is 2.27. The Kier molecular flexibility index (Phi) is 10.7. The third-order valence-corrected chi connectivity index (χ3v) is 5.71.